The molecular weight excluding hydrogens is 212 g/mol. The zero-order valence-electron chi connectivity index (χ0n) is 9.50. The SMILES string of the molecule is C=CC[13C]1(CC(C)C)[13C](=O)N[13C](=O)N[13C]1=O. The Kier molecular flexibility index (Phi) is 3.47. The van der Waals surface area contributed by atoms with E-state index in [0.717, 1.165) is 0 Å². The maximum absolute atomic E-state index is 11.8. The average Bonchev–Trinajstić information content (AvgIpc) is 2.13. The Bertz CT molecular complexity index is 327. The van der Waals surface area contributed by atoms with E-state index in [1.807, 2.05) is 13.8 Å². The third kappa shape index (κ3) is 2.13. The molecule has 0 unspecified atom stereocenters. The van der Waals surface area contributed by atoms with Gasteiger partial charge in [-0.25, -0.2) is 4.79 Å². The van der Waals surface area contributed by atoms with Gasteiger partial charge in [-0.2, -0.15) is 0 Å². The molecule has 0 bridgehead atoms. The van der Waals surface area contributed by atoms with Crippen molar-refractivity contribution in [1.82, 2.24) is 10.6 Å². The van der Waals surface area contributed by atoms with Crippen LogP contribution < -0.4 is 10.6 Å². The molecule has 0 spiro atoms. The van der Waals surface area contributed by atoms with Gasteiger partial charge in [0.2, 0.25) is 11.8 Å². The molecule has 1 saturated heterocycles. The van der Waals surface area contributed by atoms with Crippen LogP contribution >= 0.6 is 0 Å². The number of carbonyl (C=O) groups is 3. The molecule has 1 rings (SSSR count). The Hall–Kier alpha value is -1.65. The molecule has 0 aromatic heterocycles. The van der Waals surface area contributed by atoms with Crippen molar-refractivity contribution in [2.45, 2.75) is 26.7 Å². The quantitative estimate of drug-likeness (QED) is 0.427. The summed E-state index contributed by atoms with van der Waals surface area (Å²) < 4.78 is 0. The zero-order chi connectivity index (χ0) is 12.3. The van der Waals surface area contributed by atoms with Crippen molar-refractivity contribution < 1.29 is 14.4 Å². The molecule has 0 aromatic rings. The van der Waals surface area contributed by atoms with Crippen molar-refractivity contribution >= 4 is 17.8 Å². The summed E-state index contributed by atoms with van der Waals surface area (Å²) in [4.78, 5) is 34.6. The first kappa shape index (κ1) is 12.4. The fraction of sp³-hybridized carbons (Fsp3) is 0.545. The molecule has 4 amide bonds. The second-order valence-corrected chi connectivity index (χ2v) is 4.41. The minimum Gasteiger partial charge on any atom is -0.277 e. The van der Waals surface area contributed by atoms with Crippen LogP contribution in [0.2, 0.25) is 0 Å². The minimum atomic E-state index is -1.19. The topological polar surface area (TPSA) is 75.3 Å². The van der Waals surface area contributed by atoms with Crippen molar-refractivity contribution in [3.63, 3.8) is 0 Å². The van der Waals surface area contributed by atoms with Gasteiger partial charge in [0, 0.05) is 0 Å². The highest BCUT2D eigenvalue weighted by Gasteiger charge is 2.49. The van der Waals surface area contributed by atoms with Gasteiger partial charge in [0.15, 0.2) is 0 Å². The van der Waals surface area contributed by atoms with E-state index in [1.54, 1.807) is 0 Å². The number of nitrogens with one attached hydrogen (secondary N) is 2. The smallest absolute Gasteiger partial charge is 0.277 e. The molecule has 5 nitrogen and oxygen atoms in total. The zero-order valence-corrected chi connectivity index (χ0v) is 9.50. The molecular formula is C11H16N2O3. The normalized spacial score (nSPS) is 19.3. The highest BCUT2D eigenvalue weighted by Crippen LogP contribution is 2.33. The van der Waals surface area contributed by atoms with Crippen LogP contribution in [0.15, 0.2) is 12.7 Å². The highest BCUT2D eigenvalue weighted by molar-refractivity contribution is 6.19. The van der Waals surface area contributed by atoms with Gasteiger partial charge in [-0.15, -0.1) is 6.58 Å². The summed E-state index contributed by atoms with van der Waals surface area (Å²) in [6.07, 6.45) is 2.15. The maximum Gasteiger partial charge on any atom is 0.328 e. The molecule has 0 saturated carbocycles. The van der Waals surface area contributed by atoms with Crippen LogP contribution in [0.1, 0.15) is 26.7 Å². The first-order chi connectivity index (χ1) is 7.42. The number of rotatable bonds is 4. The summed E-state index contributed by atoms with van der Waals surface area (Å²) in [6, 6.07) is -0.751. The number of imide groups is 2. The number of urea groups is 1. The van der Waals surface area contributed by atoms with E-state index >= 15 is 0 Å². The molecule has 88 valence electrons. The summed E-state index contributed by atoms with van der Waals surface area (Å²) >= 11 is 0. The van der Waals surface area contributed by atoms with Crippen molar-refractivity contribution in [3.8, 4) is 0 Å². The number of allylic oxidation sites excluding steroid dienone is 1. The molecule has 16 heavy (non-hydrogen) atoms. The second kappa shape index (κ2) is 4.47. The van der Waals surface area contributed by atoms with Gasteiger partial charge < -0.3 is 0 Å². The number of barbiturate groups is 1. The largest absolute Gasteiger partial charge is 0.328 e. The lowest BCUT2D eigenvalue weighted by atomic mass is 10.1. The first-order valence-corrected chi connectivity index (χ1v) is 5.20. The standard InChI is InChI=1S/C11H16N2O3/c1-4-5-11(6-7(2)3)8(14)12-10(16)13-9(11)15/h4,7H,1,5-6H2,2-3H3,(H2,12,13,14,15,16)/i8+1,9+1,10+1,11+1. The highest BCUT2D eigenvalue weighted by atomic mass is 16.3. The summed E-state index contributed by atoms with van der Waals surface area (Å²) in [5.41, 5.74) is -1.19. The first-order valence-electron chi connectivity index (χ1n) is 5.20. The van der Waals surface area contributed by atoms with E-state index in [4.69, 9.17) is 0 Å². The molecule has 5 heteroatoms. The monoisotopic (exact) mass is 228 g/mol. The summed E-state index contributed by atoms with van der Waals surface area (Å²) in [5.74, 6) is -0.894. The average molecular weight is 228 g/mol. The van der Waals surface area contributed by atoms with E-state index in [1.165, 1.54) is 6.08 Å². The van der Waals surface area contributed by atoms with E-state index in [2.05, 4.69) is 17.2 Å². The van der Waals surface area contributed by atoms with E-state index in [9.17, 15) is 14.4 Å². The Balaban J connectivity index is 3.05. The predicted octanol–water partition coefficient (Wildman–Crippen LogP) is 0.961. The number of carbonyl (C=O) groups excluding carboxylic acids is 3. The molecule has 0 atom stereocenters. The lowest BCUT2D eigenvalue weighted by molar-refractivity contribution is -0.145. The van der Waals surface area contributed by atoms with Crippen LogP contribution in [-0.4, -0.2) is 17.8 Å². The van der Waals surface area contributed by atoms with E-state index in [-0.39, 0.29) is 12.3 Å². The summed E-state index contributed by atoms with van der Waals surface area (Å²) in [5, 5.41) is 4.27. The lowest BCUT2D eigenvalue weighted by Gasteiger charge is -2.34. The third-order valence-corrected chi connectivity index (χ3v) is 2.57. The van der Waals surface area contributed by atoms with Crippen molar-refractivity contribution in [3.05, 3.63) is 12.7 Å². The molecule has 1 heterocycles. The lowest BCUT2D eigenvalue weighted by Crippen LogP contribution is -2.62. The Labute approximate surface area is 94.3 Å². The number of hydrogen-bond donors (Lipinski definition) is 2. The third-order valence-electron chi connectivity index (χ3n) is 2.57. The van der Waals surface area contributed by atoms with Gasteiger partial charge in [-0.1, -0.05) is 19.9 Å². The summed E-state index contributed by atoms with van der Waals surface area (Å²) in [7, 11) is 0. The molecule has 2 N–H and O–H groups in total. The van der Waals surface area contributed by atoms with Gasteiger partial charge in [0.25, 0.3) is 0 Å². The van der Waals surface area contributed by atoms with Crippen LogP contribution in [-0.2, 0) is 9.59 Å². The van der Waals surface area contributed by atoms with Crippen molar-refractivity contribution in [2.75, 3.05) is 0 Å². The van der Waals surface area contributed by atoms with Crippen LogP contribution in [0.5, 0.6) is 0 Å². The Morgan fingerprint density at radius 3 is 2.12 bits per heavy atom. The van der Waals surface area contributed by atoms with E-state index < -0.39 is 23.3 Å². The maximum atomic E-state index is 11.8. The Morgan fingerprint density at radius 1 is 1.25 bits per heavy atom. The molecule has 0 aromatic carbocycles. The van der Waals surface area contributed by atoms with Gasteiger partial charge in [0.1, 0.15) is 5.41 Å². The molecule has 1 aliphatic rings. The predicted molar refractivity (Wildman–Crippen MR) is 58.4 cm³/mol. The number of amides is 4. The second-order valence-electron chi connectivity index (χ2n) is 4.41. The minimum absolute atomic E-state index is 0.171. The molecule has 1 fully saturated rings. The van der Waals surface area contributed by atoms with Crippen LogP contribution in [0, 0.1) is 11.3 Å². The van der Waals surface area contributed by atoms with Gasteiger partial charge in [-0.05, 0) is 18.8 Å². The van der Waals surface area contributed by atoms with Crippen molar-refractivity contribution in [2.24, 2.45) is 11.3 Å². The van der Waals surface area contributed by atoms with Crippen LogP contribution in [0.4, 0.5) is 4.79 Å². The van der Waals surface area contributed by atoms with Crippen LogP contribution in [0.3, 0.4) is 0 Å². The van der Waals surface area contributed by atoms with Gasteiger partial charge >= 0.3 is 6.03 Å². The number of hydrogen-bond acceptors (Lipinski definition) is 3. The summed E-state index contributed by atoms with van der Waals surface area (Å²) in [6.45, 7) is 7.39. The molecule has 0 aliphatic carbocycles. The van der Waals surface area contributed by atoms with E-state index in [0.29, 0.717) is 6.42 Å². The van der Waals surface area contributed by atoms with Crippen molar-refractivity contribution in [1.29, 1.82) is 0 Å². The van der Waals surface area contributed by atoms with Gasteiger partial charge in [0.05, 0.1) is 0 Å². The fourth-order valence-corrected chi connectivity index (χ4v) is 1.98. The Morgan fingerprint density at radius 2 is 1.75 bits per heavy atom. The fourth-order valence-electron chi connectivity index (χ4n) is 1.98. The van der Waals surface area contributed by atoms with Crippen LogP contribution in [0.25, 0.3) is 0 Å². The van der Waals surface area contributed by atoms with Gasteiger partial charge in [-0.3, -0.25) is 20.2 Å². The molecule has 0 radical (unpaired) electrons. The molecule has 1 aliphatic heterocycles.